The molecule has 0 atom stereocenters. The third-order valence-electron chi connectivity index (χ3n) is 2.95. The number of carbonyl (C=O) groups excluding carboxylic acids is 1. The monoisotopic (exact) mass is 354 g/mol. The third kappa shape index (κ3) is 4.33. The van der Waals surface area contributed by atoms with Crippen LogP contribution in [0.1, 0.15) is 32.4 Å². The number of nitrogens with zero attached hydrogens (tertiary/aromatic N) is 2. The Hall–Kier alpha value is -1.85. The summed E-state index contributed by atoms with van der Waals surface area (Å²) in [5.74, 6) is 0.537. The van der Waals surface area contributed by atoms with Crippen molar-refractivity contribution >= 4 is 29.4 Å². The van der Waals surface area contributed by atoms with Crippen molar-refractivity contribution in [3.05, 3.63) is 40.1 Å². The molecule has 0 unspecified atom stereocenters. The first-order valence-electron chi connectivity index (χ1n) is 7.10. The van der Waals surface area contributed by atoms with Gasteiger partial charge in [0.1, 0.15) is 0 Å². The third-order valence-corrected chi connectivity index (χ3v) is 3.46. The van der Waals surface area contributed by atoms with E-state index in [9.17, 15) is 4.79 Å². The van der Waals surface area contributed by atoms with Crippen molar-refractivity contribution in [1.29, 1.82) is 0 Å². The number of rotatable bonds is 4. The lowest BCUT2D eigenvalue weighted by molar-refractivity contribution is 0.103. The molecule has 2 aromatic rings. The maximum Gasteiger partial charge on any atom is 0.514 e. The predicted octanol–water partition coefficient (Wildman–Crippen LogP) is 5.11. The van der Waals surface area contributed by atoms with Crippen LogP contribution in [0.3, 0.4) is 0 Å². The van der Waals surface area contributed by atoms with Crippen molar-refractivity contribution in [3.8, 4) is 17.1 Å². The Morgan fingerprint density at radius 1 is 1.17 bits per heavy atom. The molecule has 2 rings (SSSR count). The molecule has 1 aromatic heterocycles. The second-order valence-electron chi connectivity index (χ2n) is 5.00. The van der Waals surface area contributed by atoms with Gasteiger partial charge in [-0.3, -0.25) is 0 Å². The van der Waals surface area contributed by atoms with E-state index in [4.69, 9.17) is 32.7 Å². The smallest absolute Gasteiger partial charge is 0.434 e. The summed E-state index contributed by atoms with van der Waals surface area (Å²) in [4.78, 5) is 20.2. The Bertz CT molecular complexity index is 703. The quantitative estimate of drug-likeness (QED) is 0.563. The molecule has 0 amide bonds. The van der Waals surface area contributed by atoms with Crippen LogP contribution in [0.25, 0.3) is 11.4 Å². The van der Waals surface area contributed by atoms with Crippen molar-refractivity contribution in [2.45, 2.75) is 26.7 Å². The zero-order chi connectivity index (χ0) is 17.0. The fourth-order valence-electron chi connectivity index (χ4n) is 1.88. The summed E-state index contributed by atoms with van der Waals surface area (Å²) in [6.07, 6.45) is -0.834. The summed E-state index contributed by atoms with van der Waals surface area (Å²) in [5, 5.41) is 0.674. The van der Waals surface area contributed by atoms with Crippen LogP contribution in [0.2, 0.25) is 10.2 Å². The molecule has 0 radical (unpaired) electrons. The average molecular weight is 355 g/mol. The van der Waals surface area contributed by atoms with Gasteiger partial charge in [-0.05, 0) is 37.1 Å². The highest BCUT2D eigenvalue weighted by Gasteiger charge is 2.21. The lowest BCUT2D eigenvalue weighted by atomic mass is 10.1. The molecule has 5 nitrogen and oxygen atoms in total. The molecule has 1 heterocycles. The van der Waals surface area contributed by atoms with Gasteiger partial charge in [0.05, 0.1) is 12.3 Å². The van der Waals surface area contributed by atoms with Crippen molar-refractivity contribution < 1.29 is 14.3 Å². The second-order valence-corrected chi connectivity index (χ2v) is 5.79. The van der Waals surface area contributed by atoms with E-state index in [1.165, 1.54) is 0 Å². The summed E-state index contributed by atoms with van der Waals surface area (Å²) < 4.78 is 9.92. The van der Waals surface area contributed by atoms with Crippen LogP contribution in [0.4, 0.5) is 4.79 Å². The summed E-state index contributed by atoms with van der Waals surface area (Å²) in [7, 11) is 0. The Labute approximate surface area is 144 Å². The SMILES string of the molecule is CCOC(=O)Oc1c(Cl)nc(-c2ccc(Cl)cc2)nc1C(C)C. The van der Waals surface area contributed by atoms with Gasteiger partial charge in [0, 0.05) is 10.6 Å². The van der Waals surface area contributed by atoms with Crippen LogP contribution in [0, 0.1) is 0 Å². The fraction of sp³-hybridized carbons (Fsp3) is 0.312. The molecule has 0 saturated heterocycles. The maximum absolute atomic E-state index is 11.6. The number of hydrogen-bond donors (Lipinski definition) is 0. The molecule has 0 saturated carbocycles. The van der Waals surface area contributed by atoms with E-state index in [2.05, 4.69) is 9.97 Å². The Morgan fingerprint density at radius 3 is 2.39 bits per heavy atom. The topological polar surface area (TPSA) is 61.3 Å². The molecule has 0 bridgehead atoms. The first-order valence-corrected chi connectivity index (χ1v) is 7.86. The normalized spacial score (nSPS) is 10.7. The van der Waals surface area contributed by atoms with Crippen LogP contribution >= 0.6 is 23.2 Å². The van der Waals surface area contributed by atoms with Crippen LogP contribution in [-0.2, 0) is 4.74 Å². The molecular weight excluding hydrogens is 339 g/mol. The van der Waals surface area contributed by atoms with Crippen molar-refractivity contribution in [3.63, 3.8) is 0 Å². The van der Waals surface area contributed by atoms with Gasteiger partial charge in [-0.1, -0.05) is 37.0 Å². The lowest BCUT2D eigenvalue weighted by Gasteiger charge is -2.14. The molecule has 0 aliphatic carbocycles. The van der Waals surface area contributed by atoms with E-state index < -0.39 is 6.16 Å². The number of aromatic nitrogens is 2. The van der Waals surface area contributed by atoms with Crippen LogP contribution in [-0.4, -0.2) is 22.7 Å². The van der Waals surface area contributed by atoms with Gasteiger partial charge in [-0.2, -0.15) is 0 Å². The molecule has 7 heteroatoms. The number of hydrogen-bond acceptors (Lipinski definition) is 5. The minimum atomic E-state index is -0.834. The summed E-state index contributed by atoms with van der Waals surface area (Å²) in [6.45, 7) is 5.73. The summed E-state index contributed by atoms with van der Waals surface area (Å²) >= 11 is 12.1. The first-order chi connectivity index (χ1) is 10.9. The van der Waals surface area contributed by atoms with Gasteiger partial charge in [0.2, 0.25) is 0 Å². The Balaban J connectivity index is 2.45. The van der Waals surface area contributed by atoms with Crippen molar-refractivity contribution in [1.82, 2.24) is 9.97 Å². The summed E-state index contributed by atoms with van der Waals surface area (Å²) in [5.41, 5.74) is 1.30. The standard InChI is InChI=1S/C16H16Cl2N2O3/c1-4-22-16(21)23-13-12(9(2)3)19-15(20-14(13)18)10-5-7-11(17)8-6-10/h5-9H,4H2,1-3H3. The van der Waals surface area contributed by atoms with Gasteiger partial charge in [-0.25, -0.2) is 14.8 Å². The van der Waals surface area contributed by atoms with Crippen molar-refractivity contribution in [2.75, 3.05) is 6.61 Å². The Kier molecular flexibility index (Phi) is 5.80. The zero-order valence-corrected chi connectivity index (χ0v) is 14.5. The highest BCUT2D eigenvalue weighted by molar-refractivity contribution is 6.31. The highest BCUT2D eigenvalue weighted by Crippen LogP contribution is 2.33. The van der Waals surface area contributed by atoms with E-state index in [0.717, 1.165) is 5.56 Å². The average Bonchev–Trinajstić information content (AvgIpc) is 2.50. The second kappa shape index (κ2) is 7.62. The molecule has 0 fully saturated rings. The van der Waals surface area contributed by atoms with Crippen LogP contribution in [0.15, 0.2) is 24.3 Å². The van der Waals surface area contributed by atoms with Gasteiger partial charge in [0.25, 0.3) is 0 Å². The molecule has 0 N–H and O–H groups in total. The van der Waals surface area contributed by atoms with Gasteiger partial charge in [-0.15, -0.1) is 0 Å². The minimum absolute atomic E-state index is 0.0222. The fourth-order valence-corrected chi connectivity index (χ4v) is 2.23. The van der Waals surface area contributed by atoms with E-state index in [-0.39, 0.29) is 23.4 Å². The molecule has 1 aromatic carbocycles. The van der Waals surface area contributed by atoms with Gasteiger partial charge >= 0.3 is 6.16 Å². The molecule has 0 spiro atoms. The maximum atomic E-state index is 11.6. The van der Waals surface area contributed by atoms with E-state index >= 15 is 0 Å². The molecule has 0 aliphatic rings. The van der Waals surface area contributed by atoms with Crippen LogP contribution in [0.5, 0.6) is 5.75 Å². The number of benzene rings is 1. The number of ether oxygens (including phenoxy) is 2. The molecule has 0 aliphatic heterocycles. The van der Waals surface area contributed by atoms with E-state index in [1.807, 2.05) is 13.8 Å². The number of halogens is 2. The zero-order valence-electron chi connectivity index (χ0n) is 13.0. The van der Waals surface area contributed by atoms with E-state index in [1.54, 1.807) is 31.2 Å². The number of carbonyl (C=O) groups is 1. The molecule has 23 heavy (non-hydrogen) atoms. The highest BCUT2D eigenvalue weighted by atomic mass is 35.5. The van der Waals surface area contributed by atoms with E-state index in [0.29, 0.717) is 16.5 Å². The molecule has 122 valence electrons. The molecular formula is C16H16Cl2N2O3. The first kappa shape index (κ1) is 17.5. The predicted molar refractivity (Wildman–Crippen MR) is 89.2 cm³/mol. The summed E-state index contributed by atoms with van der Waals surface area (Å²) in [6, 6.07) is 7.08. The largest absolute Gasteiger partial charge is 0.514 e. The van der Waals surface area contributed by atoms with Gasteiger partial charge < -0.3 is 9.47 Å². The van der Waals surface area contributed by atoms with Crippen LogP contribution < -0.4 is 4.74 Å². The lowest BCUT2D eigenvalue weighted by Crippen LogP contribution is -2.14. The van der Waals surface area contributed by atoms with Crippen molar-refractivity contribution in [2.24, 2.45) is 0 Å². The van der Waals surface area contributed by atoms with Gasteiger partial charge in [0.15, 0.2) is 16.7 Å². The minimum Gasteiger partial charge on any atom is -0.434 e. The Morgan fingerprint density at radius 2 is 1.83 bits per heavy atom.